The van der Waals surface area contributed by atoms with Gasteiger partial charge in [0.15, 0.2) is 0 Å². The molecule has 0 atom stereocenters. The van der Waals surface area contributed by atoms with Crippen LogP contribution in [0.15, 0.2) is 42.6 Å². The maximum Gasteiger partial charge on any atom is 0.269 e. The predicted molar refractivity (Wildman–Crippen MR) is 75.1 cm³/mol. The van der Waals surface area contributed by atoms with Crippen LogP contribution >= 0.6 is 11.6 Å². The Morgan fingerprint density at radius 2 is 1.95 bits per heavy atom. The lowest BCUT2D eigenvalue weighted by Crippen LogP contribution is -2.26. The first-order valence-electron chi connectivity index (χ1n) is 5.63. The lowest BCUT2D eigenvalue weighted by molar-refractivity contribution is -0.384. The highest BCUT2D eigenvalue weighted by molar-refractivity contribution is 6.29. The quantitative estimate of drug-likeness (QED) is 0.495. The van der Waals surface area contributed by atoms with Gasteiger partial charge < -0.3 is 4.90 Å². The number of hydrogen-bond acceptors (Lipinski definition) is 4. The summed E-state index contributed by atoms with van der Waals surface area (Å²) in [5.74, 6) is -0.275. The highest BCUT2D eigenvalue weighted by Gasteiger charge is 2.15. The van der Waals surface area contributed by atoms with E-state index in [-0.39, 0.29) is 16.7 Å². The third kappa shape index (κ3) is 2.92. The summed E-state index contributed by atoms with van der Waals surface area (Å²) in [4.78, 5) is 27.5. The number of non-ortho nitro benzene ring substituents is 1. The van der Waals surface area contributed by atoms with Crippen LogP contribution in [-0.2, 0) is 0 Å². The van der Waals surface area contributed by atoms with E-state index in [0.29, 0.717) is 11.3 Å². The standard InChI is InChI=1S/C13H10ClN3O3/c1-16(10-2-4-11(5-3-10)17(19)20)13(18)9-6-7-15-12(14)8-9/h2-8H,1H3. The van der Waals surface area contributed by atoms with Crippen molar-refractivity contribution < 1.29 is 9.72 Å². The number of nitro benzene ring substituents is 1. The summed E-state index contributed by atoms with van der Waals surface area (Å²) in [5.41, 5.74) is 0.918. The van der Waals surface area contributed by atoms with Crippen LogP contribution in [0.5, 0.6) is 0 Å². The van der Waals surface area contributed by atoms with E-state index >= 15 is 0 Å². The van der Waals surface area contributed by atoms with Gasteiger partial charge in [-0.15, -0.1) is 0 Å². The number of nitrogens with zero attached hydrogens (tertiary/aromatic N) is 3. The van der Waals surface area contributed by atoms with Crippen LogP contribution in [0.1, 0.15) is 10.4 Å². The van der Waals surface area contributed by atoms with Crippen molar-refractivity contribution in [2.75, 3.05) is 11.9 Å². The van der Waals surface area contributed by atoms with Gasteiger partial charge in [0, 0.05) is 36.6 Å². The second-order valence-electron chi connectivity index (χ2n) is 4.00. The van der Waals surface area contributed by atoms with Gasteiger partial charge in [0.25, 0.3) is 11.6 Å². The molecule has 0 fully saturated rings. The Labute approximate surface area is 119 Å². The van der Waals surface area contributed by atoms with Gasteiger partial charge in [-0.25, -0.2) is 4.98 Å². The van der Waals surface area contributed by atoms with Crippen LogP contribution in [0.2, 0.25) is 5.15 Å². The first-order chi connectivity index (χ1) is 9.49. The van der Waals surface area contributed by atoms with E-state index < -0.39 is 4.92 Å². The molecule has 0 unspecified atom stereocenters. The molecule has 0 bridgehead atoms. The van der Waals surface area contributed by atoms with E-state index in [1.807, 2.05) is 0 Å². The molecule has 1 aromatic heterocycles. The Morgan fingerprint density at radius 1 is 1.30 bits per heavy atom. The fraction of sp³-hybridized carbons (Fsp3) is 0.0769. The maximum atomic E-state index is 12.2. The average Bonchev–Trinajstić information content (AvgIpc) is 2.46. The molecule has 102 valence electrons. The van der Waals surface area contributed by atoms with E-state index in [0.717, 1.165) is 0 Å². The van der Waals surface area contributed by atoms with Gasteiger partial charge in [0.05, 0.1) is 4.92 Å². The Hall–Kier alpha value is -2.47. The fourth-order valence-electron chi connectivity index (χ4n) is 1.64. The number of hydrogen-bond donors (Lipinski definition) is 0. The molecule has 1 heterocycles. The van der Waals surface area contributed by atoms with E-state index in [2.05, 4.69) is 4.98 Å². The van der Waals surface area contributed by atoms with Gasteiger partial charge >= 0.3 is 0 Å². The summed E-state index contributed by atoms with van der Waals surface area (Å²) in [6, 6.07) is 8.73. The van der Waals surface area contributed by atoms with Crippen LogP contribution in [0.3, 0.4) is 0 Å². The van der Waals surface area contributed by atoms with Crippen molar-refractivity contribution in [1.82, 2.24) is 4.98 Å². The summed E-state index contributed by atoms with van der Waals surface area (Å²) in [6.45, 7) is 0. The molecule has 0 spiro atoms. The number of benzene rings is 1. The topological polar surface area (TPSA) is 76.3 Å². The zero-order valence-corrected chi connectivity index (χ0v) is 11.2. The van der Waals surface area contributed by atoms with E-state index in [4.69, 9.17) is 11.6 Å². The van der Waals surface area contributed by atoms with Crippen molar-refractivity contribution in [2.45, 2.75) is 0 Å². The number of anilines is 1. The van der Waals surface area contributed by atoms with Crippen molar-refractivity contribution in [2.24, 2.45) is 0 Å². The van der Waals surface area contributed by atoms with Crippen LogP contribution in [0, 0.1) is 10.1 Å². The van der Waals surface area contributed by atoms with Gasteiger partial charge in [0.2, 0.25) is 0 Å². The van der Waals surface area contributed by atoms with Crippen molar-refractivity contribution in [3.63, 3.8) is 0 Å². The average molecular weight is 292 g/mol. The number of halogens is 1. The molecule has 2 aromatic rings. The molecule has 0 radical (unpaired) electrons. The largest absolute Gasteiger partial charge is 0.311 e. The van der Waals surface area contributed by atoms with Crippen molar-refractivity contribution in [3.8, 4) is 0 Å². The molecule has 0 saturated carbocycles. The van der Waals surface area contributed by atoms with Gasteiger partial charge in [-0.2, -0.15) is 0 Å². The molecule has 7 heteroatoms. The number of rotatable bonds is 3. The molecule has 20 heavy (non-hydrogen) atoms. The van der Waals surface area contributed by atoms with Crippen LogP contribution < -0.4 is 4.90 Å². The minimum Gasteiger partial charge on any atom is -0.311 e. The summed E-state index contributed by atoms with van der Waals surface area (Å²) in [7, 11) is 1.58. The molecular formula is C13H10ClN3O3. The van der Waals surface area contributed by atoms with E-state index in [9.17, 15) is 14.9 Å². The SMILES string of the molecule is CN(C(=O)c1ccnc(Cl)c1)c1ccc([N+](=O)[O-])cc1. The lowest BCUT2D eigenvalue weighted by Gasteiger charge is -2.17. The van der Waals surface area contributed by atoms with E-state index in [1.165, 1.54) is 41.4 Å². The highest BCUT2D eigenvalue weighted by Crippen LogP contribution is 2.20. The van der Waals surface area contributed by atoms with Crippen molar-refractivity contribution >= 4 is 28.9 Å². The maximum absolute atomic E-state index is 12.2. The number of carbonyl (C=O) groups is 1. The highest BCUT2D eigenvalue weighted by atomic mass is 35.5. The molecule has 2 rings (SSSR count). The van der Waals surface area contributed by atoms with Crippen molar-refractivity contribution in [1.29, 1.82) is 0 Å². The van der Waals surface area contributed by atoms with Gasteiger partial charge in [-0.1, -0.05) is 11.6 Å². The molecule has 1 amide bonds. The van der Waals surface area contributed by atoms with Crippen molar-refractivity contribution in [3.05, 3.63) is 63.4 Å². The molecule has 0 aliphatic carbocycles. The molecule has 0 aliphatic rings. The zero-order chi connectivity index (χ0) is 14.7. The third-order valence-corrected chi connectivity index (χ3v) is 2.93. The first kappa shape index (κ1) is 14.0. The van der Waals surface area contributed by atoms with Gasteiger partial charge in [-0.3, -0.25) is 14.9 Å². The van der Waals surface area contributed by atoms with Gasteiger partial charge in [0.1, 0.15) is 5.15 Å². The number of pyridine rings is 1. The lowest BCUT2D eigenvalue weighted by atomic mass is 10.2. The predicted octanol–water partition coefficient (Wildman–Crippen LogP) is 2.92. The number of carbonyl (C=O) groups excluding carboxylic acids is 1. The molecule has 1 aromatic carbocycles. The normalized spacial score (nSPS) is 10.1. The van der Waals surface area contributed by atoms with Gasteiger partial charge in [-0.05, 0) is 24.3 Å². The fourth-order valence-corrected chi connectivity index (χ4v) is 1.82. The summed E-state index contributed by atoms with van der Waals surface area (Å²) in [6.07, 6.45) is 1.44. The number of aromatic nitrogens is 1. The number of nitro groups is 1. The molecule has 6 nitrogen and oxygen atoms in total. The molecule has 0 N–H and O–H groups in total. The van der Waals surface area contributed by atoms with Crippen LogP contribution in [-0.4, -0.2) is 22.9 Å². The Balaban J connectivity index is 2.24. The van der Waals surface area contributed by atoms with Crippen LogP contribution in [0.4, 0.5) is 11.4 Å². The Morgan fingerprint density at radius 3 is 2.50 bits per heavy atom. The zero-order valence-electron chi connectivity index (χ0n) is 10.5. The molecular weight excluding hydrogens is 282 g/mol. The second-order valence-corrected chi connectivity index (χ2v) is 4.39. The Bertz CT molecular complexity index is 658. The minimum atomic E-state index is -0.492. The van der Waals surface area contributed by atoms with Crippen LogP contribution in [0.25, 0.3) is 0 Å². The summed E-state index contributed by atoms with van der Waals surface area (Å²) < 4.78 is 0. The first-order valence-corrected chi connectivity index (χ1v) is 6.01. The smallest absolute Gasteiger partial charge is 0.269 e. The van der Waals surface area contributed by atoms with E-state index in [1.54, 1.807) is 13.1 Å². The molecule has 0 saturated heterocycles. The summed E-state index contributed by atoms with van der Waals surface area (Å²) >= 11 is 5.74. The minimum absolute atomic E-state index is 0.0263. The Kier molecular flexibility index (Phi) is 3.95. The second kappa shape index (κ2) is 5.66. The summed E-state index contributed by atoms with van der Waals surface area (Å²) in [5, 5.41) is 10.8. The molecule has 0 aliphatic heterocycles. The monoisotopic (exact) mass is 291 g/mol. The third-order valence-electron chi connectivity index (χ3n) is 2.73. The number of amides is 1.